The van der Waals surface area contributed by atoms with E-state index >= 15 is 0 Å². The van der Waals surface area contributed by atoms with Crippen LogP contribution in [0.15, 0.2) is 109 Å². The number of benzene rings is 3. The first-order valence-corrected chi connectivity index (χ1v) is 11.0. The Hall–Kier alpha value is -4.24. The third-order valence-electron chi connectivity index (χ3n) is 5.68. The highest BCUT2D eigenvalue weighted by molar-refractivity contribution is 5.86. The van der Waals surface area contributed by atoms with Crippen molar-refractivity contribution in [1.82, 2.24) is 9.97 Å². The Morgan fingerprint density at radius 1 is 0.576 bits per heavy atom. The molecule has 0 N–H and O–H groups in total. The molecule has 160 valence electrons. The van der Waals surface area contributed by atoms with E-state index in [0.29, 0.717) is 5.88 Å². The largest absolute Gasteiger partial charge is 0.439 e. The van der Waals surface area contributed by atoms with E-state index in [-0.39, 0.29) is 0 Å². The van der Waals surface area contributed by atoms with E-state index in [9.17, 15) is 0 Å². The molecule has 0 aliphatic heterocycles. The van der Waals surface area contributed by atoms with Crippen LogP contribution in [0.4, 0.5) is 0 Å². The lowest BCUT2D eigenvalue weighted by molar-refractivity contribution is 0.463. The molecule has 2 aromatic heterocycles. The highest BCUT2D eigenvalue weighted by Crippen LogP contribution is 2.37. The molecule has 5 aromatic rings. The topological polar surface area (TPSA) is 35.0 Å². The van der Waals surface area contributed by atoms with E-state index in [2.05, 4.69) is 67.4 Å². The second-order valence-electron chi connectivity index (χ2n) is 8.05. The highest BCUT2D eigenvalue weighted by atomic mass is 16.5. The number of aryl methyl sites for hydroxylation is 2. The van der Waals surface area contributed by atoms with Crippen LogP contribution in [0, 0.1) is 13.8 Å². The van der Waals surface area contributed by atoms with E-state index in [4.69, 9.17) is 9.72 Å². The standard InChI is InChI=1S/C30H24N2O/c1-21-18-25(23-10-4-3-5-11-23)19-22(2)29(21)27-14-9-17-32-30(27)24-12-8-13-26(20-24)33-28-15-6-7-16-31-28/h3-20H,1-2H3. The van der Waals surface area contributed by atoms with Crippen LogP contribution in [-0.2, 0) is 0 Å². The van der Waals surface area contributed by atoms with Gasteiger partial charge in [0, 0.05) is 29.6 Å². The van der Waals surface area contributed by atoms with Crippen LogP contribution in [0.2, 0.25) is 0 Å². The highest BCUT2D eigenvalue weighted by Gasteiger charge is 2.15. The lowest BCUT2D eigenvalue weighted by Gasteiger charge is -2.16. The second kappa shape index (κ2) is 9.09. The third-order valence-corrected chi connectivity index (χ3v) is 5.68. The van der Waals surface area contributed by atoms with Gasteiger partial charge in [-0.1, -0.05) is 66.7 Å². The van der Waals surface area contributed by atoms with E-state index in [1.54, 1.807) is 6.20 Å². The molecular formula is C30H24N2O. The third kappa shape index (κ3) is 4.39. The monoisotopic (exact) mass is 428 g/mol. The van der Waals surface area contributed by atoms with Gasteiger partial charge in [-0.05, 0) is 65.9 Å². The van der Waals surface area contributed by atoms with Crippen molar-refractivity contribution >= 4 is 0 Å². The van der Waals surface area contributed by atoms with Gasteiger partial charge in [0.25, 0.3) is 0 Å². The predicted octanol–water partition coefficient (Wildman–Crippen LogP) is 7.89. The average Bonchev–Trinajstić information content (AvgIpc) is 2.85. The van der Waals surface area contributed by atoms with Crippen LogP contribution in [0.25, 0.3) is 33.5 Å². The van der Waals surface area contributed by atoms with Crippen molar-refractivity contribution in [2.75, 3.05) is 0 Å². The van der Waals surface area contributed by atoms with Crippen molar-refractivity contribution < 1.29 is 4.74 Å². The van der Waals surface area contributed by atoms with E-state index in [1.165, 1.54) is 27.8 Å². The molecule has 3 nitrogen and oxygen atoms in total. The summed E-state index contributed by atoms with van der Waals surface area (Å²) in [6.07, 6.45) is 3.56. The molecule has 0 saturated carbocycles. The molecular weight excluding hydrogens is 404 g/mol. The van der Waals surface area contributed by atoms with Crippen molar-refractivity contribution in [1.29, 1.82) is 0 Å². The van der Waals surface area contributed by atoms with Crippen molar-refractivity contribution in [3.63, 3.8) is 0 Å². The zero-order valence-corrected chi connectivity index (χ0v) is 18.7. The summed E-state index contributed by atoms with van der Waals surface area (Å²) in [5.41, 5.74) is 9.17. The Labute approximate surface area is 194 Å². The first-order chi connectivity index (χ1) is 16.2. The summed E-state index contributed by atoms with van der Waals surface area (Å²) >= 11 is 0. The number of hydrogen-bond acceptors (Lipinski definition) is 3. The summed E-state index contributed by atoms with van der Waals surface area (Å²) in [5, 5.41) is 0. The molecule has 0 unspecified atom stereocenters. The molecule has 0 atom stereocenters. The quantitative estimate of drug-likeness (QED) is 0.285. The van der Waals surface area contributed by atoms with Gasteiger partial charge in [0.1, 0.15) is 5.75 Å². The number of hydrogen-bond donors (Lipinski definition) is 0. The minimum absolute atomic E-state index is 0.569. The molecule has 0 amide bonds. The first kappa shape index (κ1) is 20.7. The minimum Gasteiger partial charge on any atom is -0.439 e. The number of pyridine rings is 2. The van der Waals surface area contributed by atoms with Crippen molar-refractivity contribution in [3.05, 3.63) is 121 Å². The summed E-state index contributed by atoms with van der Waals surface area (Å²) in [6, 6.07) is 32.8. The molecule has 0 aliphatic carbocycles. The number of nitrogens with zero attached hydrogens (tertiary/aromatic N) is 2. The molecule has 0 saturated heterocycles. The smallest absolute Gasteiger partial charge is 0.219 e. The zero-order chi connectivity index (χ0) is 22.6. The molecule has 5 rings (SSSR count). The van der Waals surface area contributed by atoms with Gasteiger partial charge in [0.05, 0.1) is 5.69 Å². The zero-order valence-electron chi connectivity index (χ0n) is 18.7. The molecule has 33 heavy (non-hydrogen) atoms. The molecule has 2 heterocycles. The van der Waals surface area contributed by atoms with Crippen molar-refractivity contribution in [2.24, 2.45) is 0 Å². The number of rotatable bonds is 5. The Morgan fingerprint density at radius 3 is 2.06 bits per heavy atom. The van der Waals surface area contributed by atoms with Crippen LogP contribution in [0.5, 0.6) is 11.6 Å². The van der Waals surface area contributed by atoms with Crippen LogP contribution in [0.1, 0.15) is 11.1 Å². The van der Waals surface area contributed by atoms with Crippen LogP contribution >= 0.6 is 0 Å². The Bertz CT molecular complexity index is 1370. The summed E-state index contributed by atoms with van der Waals surface area (Å²) in [4.78, 5) is 9.03. The summed E-state index contributed by atoms with van der Waals surface area (Å²) in [6.45, 7) is 4.35. The average molecular weight is 429 g/mol. The number of aromatic nitrogens is 2. The summed E-state index contributed by atoms with van der Waals surface area (Å²) in [7, 11) is 0. The van der Waals surface area contributed by atoms with Crippen LogP contribution in [-0.4, -0.2) is 9.97 Å². The van der Waals surface area contributed by atoms with Gasteiger partial charge >= 0.3 is 0 Å². The first-order valence-electron chi connectivity index (χ1n) is 11.0. The van der Waals surface area contributed by atoms with E-state index in [1.807, 2.05) is 54.7 Å². The Kier molecular flexibility index (Phi) is 5.69. The SMILES string of the molecule is Cc1cc(-c2ccccc2)cc(C)c1-c1cccnc1-c1cccc(Oc2ccccn2)c1. The van der Waals surface area contributed by atoms with Crippen LogP contribution < -0.4 is 4.74 Å². The van der Waals surface area contributed by atoms with Gasteiger partial charge in [0.15, 0.2) is 0 Å². The van der Waals surface area contributed by atoms with Gasteiger partial charge in [-0.3, -0.25) is 4.98 Å². The van der Waals surface area contributed by atoms with Crippen molar-refractivity contribution in [2.45, 2.75) is 13.8 Å². The Balaban J connectivity index is 1.56. The lowest BCUT2D eigenvalue weighted by Crippen LogP contribution is -1.95. The molecule has 0 fully saturated rings. The van der Waals surface area contributed by atoms with Crippen LogP contribution in [0.3, 0.4) is 0 Å². The maximum Gasteiger partial charge on any atom is 0.219 e. The molecule has 3 aromatic carbocycles. The maximum absolute atomic E-state index is 5.96. The molecule has 0 spiro atoms. The predicted molar refractivity (Wildman–Crippen MR) is 134 cm³/mol. The molecule has 0 radical (unpaired) electrons. The van der Waals surface area contributed by atoms with Gasteiger partial charge in [0.2, 0.25) is 5.88 Å². The number of ether oxygens (including phenoxy) is 1. The molecule has 0 bridgehead atoms. The van der Waals surface area contributed by atoms with E-state index < -0.39 is 0 Å². The van der Waals surface area contributed by atoms with Gasteiger partial charge in [-0.2, -0.15) is 0 Å². The van der Waals surface area contributed by atoms with Gasteiger partial charge in [-0.25, -0.2) is 4.98 Å². The fraction of sp³-hybridized carbons (Fsp3) is 0.0667. The molecule has 0 aliphatic rings. The summed E-state index contributed by atoms with van der Waals surface area (Å²) in [5.74, 6) is 1.30. The van der Waals surface area contributed by atoms with Crippen molar-refractivity contribution in [3.8, 4) is 45.1 Å². The fourth-order valence-electron chi connectivity index (χ4n) is 4.26. The summed E-state index contributed by atoms with van der Waals surface area (Å²) < 4.78 is 5.96. The minimum atomic E-state index is 0.569. The fourth-order valence-corrected chi connectivity index (χ4v) is 4.26. The van der Waals surface area contributed by atoms with Gasteiger partial charge < -0.3 is 4.74 Å². The molecule has 3 heteroatoms. The normalized spacial score (nSPS) is 10.7. The van der Waals surface area contributed by atoms with E-state index in [0.717, 1.165) is 22.6 Å². The van der Waals surface area contributed by atoms with Gasteiger partial charge in [-0.15, -0.1) is 0 Å². The maximum atomic E-state index is 5.96. The Morgan fingerprint density at radius 2 is 1.30 bits per heavy atom. The second-order valence-corrected chi connectivity index (χ2v) is 8.05. The lowest BCUT2D eigenvalue weighted by atomic mass is 9.89.